The first kappa shape index (κ1) is 16.8. The molecule has 0 unspecified atom stereocenters. The minimum Gasteiger partial charge on any atom is -0.341 e. The van der Waals surface area contributed by atoms with E-state index in [1.807, 2.05) is 47.1 Å². The molecule has 7 nitrogen and oxygen atoms in total. The summed E-state index contributed by atoms with van der Waals surface area (Å²) >= 11 is 0. The molecule has 2 fully saturated rings. The number of hydrogen-bond acceptors (Lipinski definition) is 5. The Balaban J connectivity index is 1.65. The minimum atomic E-state index is -0.476. The molecule has 0 radical (unpaired) electrons. The van der Waals surface area contributed by atoms with Crippen molar-refractivity contribution in [3.8, 4) is 0 Å². The van der Waals surface area contributed by atoms with Crippen molar-refractivity contribution in [2.24, 2.45) is 5.92 Å². The van der Waals surface area contributed by atoms with Crippen LogP contribution in [-0.4, -0.2) is 57.9 Å². The second-order valence-electron chi connectivity index (χ2n) is 7.18. The number of benzene rings is 1. The van der Waals surface area contributed by atoms with E-state index in [2.05, 4.69) is 10.1 Å². The fourth-order valence-corrected chi connectivity index (χ4v) is 4.20. The van der Waals surface area contributed by atoms with Gasteiger partial charge < -0.3 is 14.3 Å². The number of amides is 2. The number of aromatic nitrogens is 2. The summed E-state index contributed by atoms with van der Waals surface area (Å²) in [6.45, 7) is 5.86. The van der Waals surface area contributed by atoms with Gasteiger partial charge in [-0.1, -0.05) is 30.3 Å². The smallest absolute Gasteiger partial charge is 0.253 e. The molecule has 2 aliphatic heterocycles. The molecular weight excluding hydrogens is 332 g/mol. The second kappa shape index (κ2) is 6.23. The van der Waals surface area contributed by atoms with Crippen LogP contribution in [0.25, 0.3) is 0 Å². The first-order valence-electron chi connectivity index (χ1n) is 8.96. The van der Waals surface area contributed by atoms with Crippen LogP contribution in [0.4, 0.5) is 0 Å². The van der Waals surface area contributed by atoms with E-state index >= 15 is 0 Å². The van der Waals surface area contributed by atoms with Gasteiger partial charge in [0.05, 0.1) is 5.41 Å². The van der Waals surface area contributed by atoms with Gasteiger partial charge in [0.1, 0.15) is 0 Å². The lowest BCUT2D eigenvalue weighted by molar-refractivity contribution is -0.130. The van der Waals surface area contributed by atoms with E-state index in [1.165, 1.54) is 0 Å². The van der Waals surface area contributed by atoms with Gasteiger partial charge >= 0.3 is 0 Å². The van der Waals surface area contributed by atoms with E-state index in [4.69, 9.17) is 4.52 Å². The van der Waals surface area contributed by atoms with E-state index in [1.54, 1.807) is 6.92 Å². The van der Waals surface area contributed by atoms with E-state index in [0.29, 0.717) is 49.9 Å². The van der Waals surface area contributed by atoms with Gasteiger partial charge in [0.25, 0.3) is 5.91 Å². The van der Waals surface area contributed by atoms with Gasteiger partial charge in [0.15, 0.2) is 5.82 Å². The van der Waals surface area contributed by atoms with Crippen LogP contribution in [0, 0.1) is 12.8 Å². The van der Waals surface area contributed by atoms with Crippen LogP contribution in [0.3, 0.4) is 0 Å². The highest BCUT2D eigenvalue weighted by atomic mass is 16.5. The third-order valence-electron chi connectivity index (χ3n) is 5.53. The SMILES string of the molecule is CCC(=O)N1C[C@H]2CN(C(=O)c3ccccc3)C[C@@]2(c2nc(C)no2)C1. The monoisotopic (exact) mass is 354 g/mol. The standard InChI is InChI=1S/C19H22N4O3/c1-3-16(24)22-9-15-10-23(17(25)14-7-5-4-6-8-14)12-19(15,11-22)18-20-13(2)21-26-18/h4-8,15H,3,9-12H2,1-2H3/t15-,19-/m0/s1. The third kappa shape index (κ3) is 2.58. The Hall–Kier alpha value is -2.70. The molecule has 0 N–H and O–H groups in total. The summed E-state index contributed by atoms with van der Waals surface area (Å²) in [5.41, 5.74) is 0.196. The highest BCUT2D eigenvalue weighted by molar-refractivity contribution is 5.94. The molecule has 2 aliphatic rings. The Morgan fingerprint density at radius 1 is 1.19 bits per heavy atom. The molecule has 0 aliphatic carbocycles. The van der Waals surface area contributed by atoms with Crippen molar-refractivity contribution in [3.63, 3.8) is 0 Å². The molecule has 2 saturated heterocycles. The minimum absolute atomic E-state index is 0.00369. The Morgan fingerprint density at radius 2 is 1.88 bits per heavy atom. The number of nitrogens with zero attached hydrogens (tertiary/aromatic N) is 4. The predicted molar refractivity (Wildman–Crippen MR) is 93.4 cm³/mol. The molecule has 7 heteroatoms. The fraction of sp³-hybridized carbons (Fsp3) is 0.474. The molecule has 0 spiro atoms. The van der Waals surface area contributed by atoms with Gasteiger partial charge in [-0.25, -0.2) is 0 Å². The lowest BCUT2D eigenvalue weighted by Crippen LogP contribution is -2.41. The molecule has 136 valence electrons. The first-order valence-corrected chi connectivity index (χ1v) is 8.96. The van der Waals surface area contributed by atoms with E-state index < -0.39 is 5.41 Å². The predicted octanol–water partition coefficient (Wildman–Crippen LogP) is 1.64. The van der Waals surface area contributed by atoms with Crippen LogP contribution in [0.2, 0.25) is 0 Å². The summed E-state index contributed by atoms with van der Waals surface area (Å²) in [7, 11) is 0. The van der Waals surface area contributed by atoms with Crippen LogP contribution in [0.15, 0.2) is 34.9 Å². The Kier molecular flexibility index (Phi) is 4.01. The average molecular weight is 354 g/mol. The molecule has 3 heterocycles. The van der Waals surface area contributed by atoms with Crippen molar-refractivity contribution in [1.82, 2.24) is 19.9 Å². The van der Waals surface area contributed by atoms with Gasteiger partial charge in [-0.05, 0) is 19.1 Å². The topological polar surface area (TPSA) is 79.5 Å². The number of aryl methyl sites for hydroxylation is 1. The maximum atomic E-state index is 12.9. The first-order chi connectivity index (χ1) is 12.5. The highest BCUT2D eigenvalue weighted by Gasteiger charge is 2.58. The quantitative estimate of drug-likeness (QED) is 0.837. The lowest BCUT2D eigenvalue weighted by Gasteiger charge is -2.26. The van der Waals surface area contributed by atoms with Crippen LogP contribution < -0.4 is 0 Å². The van der Waals surface area contributed by atoms with Crippen molar-refractivity contribution in [2.75, 3.05) is 26.2 Å². The molecule has 26 heavy (non-hydrogen) atoms. The molecule has 2 aromatic rings. The summed E-state index contributed by atoms with van der Waals surface area (Å²) < 4.78 is 5.51. The Bertz CT molecular complexity index is 834. The molecule has 1 aromatic carbocycles. The number of likely N-dealkylation sites (tertiary alicyclic amines) is 2. The average Bonchev–Trinajstić information content (AvgIpc) is 3.33. The zero-order valence-corrected chi connectivity index (χ0v) is 15.0. The van der Waals surface area contributed by atoms with Crippen LogP contribution in [-0.2, 0) is 10.2 Å². The lowest BCUT2D eigenvalue weighted by atomic mass is 9.81. The Morgan fingerprint density at radius 3 is 2.54 bits per heavy atom. The van der Waals surface area contributed by atoms with Crippen LogP contribution in [0.1, 0.15) is 35.4 Å². The molecule has 1 aromatic heterocycles. The summed E-state index contributed by atoms with van der Waals surface area (Å²) in [5, 5.41) is 3.94. The van der Waals surface area contributed by atoms with Gasteiger partial charge in [-0.3, -0.25) is 9.59 Å². The van der Waals surface area contributed by atoms with E-state index in [0.717, 1.165) is 0 Å². The van der Waals surface area contributed by atoms with Crippen molar-refractivity contribution < 1.29 is 14.1 Å². The fourth-order valence-electron chi connectivity index (χ4n) is 4.20. The summed E-state index contributed by atoms with van der Waals surface area (Å²) in [6.07, 6.45) is 0.471. The van der Waals surface area contributed by atoms with Crippen LogP contribution >= 0.6 is 0 Å². The number of rotatable bonds is 3. The third-order valence-corrected chi connectivity index (χ3v) is 5.53. The summed E-state index contributed by atoms with van der Waals surface area (Å²) in [5.74, 6) is 1.33. The number of fused-ring (bicyclic) bond motifs is 1. The molecule has 2 amide bonds. The molecule has 0 bridgehead atoms. The maximum Gasteiger partial charge on any atom is 0.253 e. The van der Waals surface area contributed by atoms with E-state index in [9.17, 15) is 9.59 Å². The Labute approximate surface area is 152 Å². The molecule has 0 saturated carbocycles. The summed E-state index contributed by atoms with van der Waals surface area (Å²) in [6, 6.07) is 9.28. The largest absolute Gasteiger partial charge is 0.341 e. The van der Waals surface area contributed by atoms with Crippen molar-refractivity contribution in [1.29, 1.82) is 0 Å². The van der Waals surface area contributed by atoms with Crippen molar-refractivity contribution in [2.45, 2.75) is 25.7 Å². The zero-order valence-electron chi connectivity index (χ0n) is 15.0. The number of carbonyl (C=O) groups is 2. The van der Waals surface area contributed by atoms with Crippen molar-refractivity contribution in [3.05, 3.63) is 47.6 Å². The molecule has 2 atom stereocenters. The summed E-state index contributed by atoms with van der Waals surface area (Å²) in [4.78, 5) is 33.3. The molecular formula is C19H22N4O3. The van der Waals surface area contributed by atoms with Gasteiger partial charge in [0, 0.05) is 44.1 Å². The van der Waals surface area contributed by atoms with E-state index in [-0.39, 0.29) is 17.7 Å². The maximum absolute atomic E-state index is 12.9. The second-order valence-corrected chi connectivity index (χ2v) is 7.18. The zero-order chi connectivity index (χ0) is 18.3. The van der Waals surface area contributed by atoms with Gasteiger partial charge in [-0.2, -0.15) is 4.98 Å². The van der Waals surface area contributed by atoms with Gasteiger partial charge in [-0.15, -0.1) is 0 Å². The van der Waals surface area contributed by atoms with Crippen molar-refractivity contribution >= 4 is 11.8 Å². The number of carbonyl (C=O) groups excluding carboxylic acids is 2. The number of hydrogen-bond donors (Lipinski definition) is 0. The normalized spacial score (nSPS) is 24.8. The highest BCUT2D eigenvalue weighted by Crippen LogP contribution is 2.44. The van der Waals surface area contributed by atoms with Gasteiger partial charge in [0.2, 0.25) is 11.8 Å². The van der Waals surface area contributed by atoms with Crippen LogP contribution in [0.5, 0.6) is 0 Å². The molecule has 4 rings (SSSR count).